The zero-order valence-electron chi connectivity index (χ0n) is 15.2. The fourth-order valence-corrected chi connectivity index (χ4v) is 3.70. The molecule has 6 heteroatoms. The number of fused-ring (bicyclic) bond motifs is 1. The van der Waals surface area contributed by atoms with Crippen LogP contribution >= 0.6 is 0 Å². The third-order valence-electron chi connectivity index (χ3n) is 5.14. The van der Waals surface area contributed by atoms with Crippen LogP contribution in [0, 0.1) is 0 Å². The molecule has 1 aliphatic heterocycles. The summed E-state index contributed by atoms with van der Waals surface area (Å²) < 4.78 is 2.06. The van der Waals surface area contributed by atoms with E-state index in [2.05, 4.69) is 56.7 Å². The van der Waals surface area contributed by atoms with E-state index in [9.17, 15) is 0 Å². The smallest absolute Gasteiger partial charge is 0.153 e. The summed E-state index contributed by atoms with van der Waals surface area (Å²) in [6, 6.07) is 6.92. The van der Waals surface area contributed by atoms with Gasteiger partial charge in [-0.15, -0.1) is 0 Å². The molecule has 3 aromatic rings. The molecule has 0 aliphatic carbocycles. The van der Waals surface area contributed by atoms with Crippen LogP contribution in [-0.4, -0.2) is 36.2 Å². The fraction of sp³-hybridized carbons (Fsp3) is 0.526. The number of likely N-dealkylation sites (tertiary alicyclic amines) is 1. The lowest BCUT2D eigenvalue weighted by Crippen LogP contribution is -2.33. The summed E-state index contributed by atoms with van der Waals surface area (Å²) in [6.07, 6.45) is 5.50. The number of piperidine rings is 1. The highest BCUT2D eigenvalue weighted by Gasteiger charge is 2.27. The zero-order valence-corrected chi connectivity index (χ0v) is 15.2. The SMILES string of the molecule is CC(C)c1n[nH]c(C2CCCCN2Cc2ccc3c(c2)ncn3C)n1. The van der Waals surface area contributed by atoms with Gasteiger partial charge in [-0.2, -0.15) is 5.10 Å². The van der Waals surface area contributed by atoms with Crippen LogP contribution in [0.4, 0.5) is 0 Å². The number of nitrogens with one attached hydrogen (secondary N) is 1. The molecule has 0 radical (unpaired) electrons. The molecular formula is C19H26N6. The van der Waals surface area contributed by atoms with Crippen molar-refractivity contribution < 1.29 is 0 Å². The van der Waals surface area contributed by atoms with Gasteiger partial charge in [-0.05, 0) is 37.1 Å². The Morgan fingerprint density at radius 1 is 1.28 bits per heavy atom. The van der Waals surface area contributed by atoms with Crippen LogP contribution in [0.2, 0.25) is 0 Å². The molecule has 1 unspecified atom stereocenters. The van der Waals surface area contributed by atoms with Crippen molar-refractivity contribution in [2.45, 2.75) is 51.6 Å². The van der Waals surface area contributed by atoms with Gasteiger partial charge in [0.25, 0.3) is 0 Å². The first-order valence-electron chi connectivity index (χ1n) is 9.18. The predicted molar refractivity (Wildman–Crippen MR) is 98.2 cm³/mol. The van der Waals surface area contributed by atoms with Crippen molar-refractivity contribution in [1.29, 1.82) is 0 Å². The molecule has 1 fully saturated rings. The van der Waals surface area contributed by atoms with E-state index < -0.39 is 0 Å². The summed E-state index contributed by atoms with van der Waals surface area (Å²) in [7, 11) is 2.03. The first kappa shape index (κ1) is 16.3. The number of hydrogen-bond donors (Lipinski definition) is 1. The second kappa shape index (κ2) is 6.59. The van der Waals surface area contributed by atoms with Crippen LogP contribution < -0.4 is 0 Å². The van der Waals surface area contributed by atoms with Crippen LogP contribution in [0.1, 0.15) is 62.3 Å². The molecule has 0 amide bonds. The van der Waals surface area contributed by atoms with Gasteiger partial charge in [0.15, 0.2) is 5.82 Å². The minimum atomic E-state index is 0.327. The highest BCUT2D eigenvalue weighted by Crippen LogP contribution is 2.31. The molecular weight excluding hydrogens is 312 g/mol. The van der Waals surface area contributed by atoms with Gasteiger partial charge in [-0.3, -0.25) is 10.00 Å². The van der Waals surface area contributed by atoms with E-state index >= 15 is 0 Å². The van der Waals surface area contributed by atoms with Crippen molar-refractivity contribution in [3.05, 3.63) is 41.7 Å². The monoisotopic (exact) mass is 338 g/mol. The number of aryl methyl sites for hydroxylation is 1. The number of imidazole rings is 1. The van der Waals surface area contributed by atoms with Crippen LogP contribution in [0.3, 0.4) is 0 Å². The minimum Gasteiger partial charge on any atom is -0.334 e. The maximum Gasteiger partial charge on any atom is 0.153 e. The summed E-state index contributed by atoms with van der Waals surface area (Å²) in [6.45, 7) is 6.29. The molecule has 1 aliphatic rings. The standard InChI is InChI=1S/C19H26N6/c1-13(2)18-21-19(23-22-18)17-6-4-5-9-25(17)11-14-7-8-16-15(10-14)20-12-24(16)3/h7-8,10,12-13,17H,4-6,9,11H2,1-3H3,(H,21,22,23). The van der Waals surface area contributed by atoms with Crippen molar-refractivity contribution in [1.82, 2.24) is 29.6 Å². The summed E-state index contributed by atoms with van der Waals surface area (Å²) >= 11 is 0. The van der Waals surface area contributed by atoms with Crippen molar-refractivity contribution in [3.8, 4) is 0 Å². The molecule has 25 heavy (non-hydrogen) atoms. The van der Waals surface area contributed by atoms with Gasteiger partial charge in [0, 0.05) is 19.5 Å². The molecule has 1 saturated heterocycles. The third-order valence-corrected chi connectivity index (χ3v) is 5.14. The lowest BCUT2D eigenvalue weighted by Gasteiger charge is -2.34. The Kier molecular flexibility index (Phi) is 4.29. The number of aromatic amines is 1. The molecule has 0 spiro atoms. The van der Waals surface area contributed by atoms with Gasteiger partial charge in [0.2, 0.25) is 0 Å². The molecule has 132 valence electrons. The lowest BCUT2D eigenvalue weighted by atomic mass is 10.0. The van der Waals surface area contributed by atoms with Crippen LogP contribution in [0.5, 0.6) is 0 Å². The summed E-state index contributed by atoms with van der Waals surface area (Å²) in [5, 5.41) is 7.59. The second-order valence-corrected chi connectivity index (χ2v) is 7.39. The number of H-pyrrole nitrogens is 1. The minimum absolute atomic E-state index is 0.327. The van der Waals surface area contributed by atoms with Gasteiger partial charge in [0.05, 0.1) is 23.4 Å². The van der Waals surface area contributed by atoms with E-state index in [1.54, 1.807) is 0 Å². The Morgan fingerprint density at radius 3 is 2.96 bits per heavy atom. The quantitative estimate of drug-likeness (QED) is 0.790. The molecule has 4 rings (SSSR count). The lowest BCUT2D eigenvalue weighted by molar-refractivity contribution is 0.134. The Morgan fingerprint density at radius 2 is 2.16 bits per heavy atom. The normalized spacial score (nSPS) is 19.1. The van der Waals surface area contributed by atoms with Gasteiger partial charge < -0.3 is 4.57 Å². The number of benzene rings is 1. The zero-order chi connectivity index (χ0) is 17.4. The highest BCUT2D eigenvalue weighted by molar-refractivity contribution is 5.75. The summed E-state index contributed by atoms with van der Waals surface area (Å²) in [4.78, 5) is 11.8. The van der Waals surface area contributed by atoms with E-state index in [-0.39, 0.29) is 0 Å². The summed E-state index contributed by atoms with van der Waals surface area (Å²) in [5.74, 6) is 2.28. The van der Waals surface area contributed by atoms with Gasteiger partial charge >= 0.3 is 0 Å². The van der Waals surface area contributed by atoms with Gasteiger partial charge in [-0.1, -0.05) is 26.3 Å². The average molecular weight is 338 g/mol. The van der Waals surface area contributed by atoms with Gasteiger partial charge in [-0.25, -0.2) is 9.97 Å². The number of nitrogens with zero attached hydrogens (tertiary/aromatic N) is 5. The Balaban J connectivity index is 1.57. The van der Waals surface area contributed by atoms with Crippen molar-refractivity contribution in [3.63, 3.8) is 0 Å². The molecule has 1 aromatic carbocycles. The van der Waals surface area contributed by atoms with Crippen molar-refractivity contribution >= 4 is 11.0 Å². The Bertz CT molecular complexity index is 862. The Labute approximate surface area is 148 Å². The van der Waals surface area contributed by atoms with Crippen LogP contribution in [-0.2, 0) is 13.6 Å². The fourth-order valence-electron chi connectivity index (χ4n) is 3.70. The second-order valence-electron chi connectivity index (χ2n) is 7.39. The molecule has 1 N–H and O–H groups in total. The topological polar surface area (TPSA) is 62.6 Å². The van der Waals surface area contributed by atoms with Crippen LogP contribution in [0.15, 0.2) is 24.5 Å². The van der Waals surface area contributed by atoms with Gasteiger partial charge in [0.1, 0.15) is 5.82 Å². The third kappa shape index (κ3) is 3.18. The maximum atomic E-state index is 4.75. The van der Waals surface area contributed by atoms with E-state index in [0.717, 1.165) is 36.7 Å². The molecule has 3 heterocycles. The molecule has 0 saturated carbocycles. The number of aromatic nitrogens is 5. The van der Waals surface area contributed by atoms with Crippen molar-refractivity contribution in [2.75, 3.05) is 6.54 Å². The van der Waals surface area contributed by atoms with E-state index in [4.69, 9.17) is 4.98 Å². The van der Waals surface area contributed by atoms with Crippen LogP contribution in [0.25, 0.3) is 11.0 Å². The van der Waals surface area contributed by atoms with E-state index in [1.807, 2.05) is 13.4 Å². The first-order valence-corrected chi connectivity index (χ1v) is 9.18. The van der Waals surface area contributed by atoms with Crippen molar-refractivity contribution in [2.24, 2.45) is 7.05 Å². The van der Waals surface area contributed by atoms with E-state index in [1.165, 1.54) is 23.9 Å². The summed E-state index contributed by atoms with van der Waals surface area (Å²) in [5.41, 5.74) is 3.55. The number of rotatable bonds is 4. The molecule has 0 bridgehead atoms. The highest BCUT2D eigenvalue weighted by atomic mass is 15.3. The largest absolute Gasteiger partial charge is 0.334 e. The first-order chi connectivity index (χ1) is 12.1. The molecule has 1 atom stereocenters. The number of hydrogen-bond acceptors (Lipinski definition) is 4. The Hall–Kier alpha value is -2.21. The molecule has 2 aromatic heterocycles. The maximum absolute atomic E-state index is 4.75. The molecule has 6 nitrogen and oxygen atoms in total. The van der Waals surface area contributed by atoms with E-state index in [0.29, 0.717) is 12.0 Å². The average Bonchev–Trinajstić information content (AvgIpc) is 3.23. The predicted octanol–water partition coefficient (Wildman–Crippen LogP) is 3.54.